The van der Waals surface area contributed by atoms with Crippen molar-refractivity contribution in [3.05, 3.63) is 68.9 Å². The topological polar surface area (TPSA) is 118 Å². The van der Waals surface area contributed by atoms with Crippen LogP contribution in [0.25, 0.3) is 11.1 Å². The van der Waals surface area contributed by atoms with Crippen molar-refractivity contribution in [2.75, 3.05) is 7.11 Å². The van der Waals surface area contributed by atoms with Crippen LogP contribution in [0.5, 0.6) is 5.75 Å². The van der Waals surface area contributed by atoms with Crippen LogP contribution in [0.2, 0.25) is 5.02 Å². The molecule has 0 amide bonds. The Morgan fingerprint density at radius 2 is 1.97 bits per heavy atom. The molecule has 8 nitrogen and oxygen atoms in total. The number of halogens is 1. The van der Waals surface area contributed by atoms with Gasteiger partial charge in [0.1, 0.15) is 11.5 Å². The summed E-state index contributed by atoms with van der Waals surface area (Å²) in [5, 5.41) is 24.2. The van der Waals surface area contributed by atoms with E-state index in [1.165, 1.54) is 19.4 Å². The zero-order valence-electron chi connectivity index (χ0n) is 19.0. The molecule has 2 aromatic heterocycles. The Morgan fingerprint density at radius 3 is 2.48 bits per heavy atom. The summed E-state index contributed by atoms with van der Waals surface area (Å²) in [4.78, 5) is 26.2. The standard InChI is InChI=1S/C24H24ClN3O5/c1-14-8-17(33-27-14)11-24(22(30)31,23(2,3)4)28-13-20(32-5)19(10-21(28)29)18-9-16(25)7-6-15(18)12-26/h6-10,13H,11H2,1-5H3,(H,30,31). The summed E-state index contributed by atoms with van der Waals surface area (Å²) in [6.07, 6.45) is 1.25. The zero-order valence-corrected chi connectivity index (χ0v) is 19.7. The predicted molar refractivity (Wildman–Crippen MR) is 122 cm³/mol. The number of nitrogens with zero attached hydrogens (tertiary/aromatic N) is 3. The number of benzene rings is 1. The van der Waals surface area contributed by atoms with Gasteiger partial charge in [-0.15, -0.1) is 0 Å². The van der Waals surface area contributed by atoms with Crippen molar-refractivity contribution in [1.82, 2.24) is 9.72 Å². The number of ether oxygens (including phenoxy) is 1. The lowest BCUT2D eigenvalue weighted by molar-refractivity contribution is -0.155. The molecule has 0 saturated heterocycles. The lowest BCUT2D eigenvalue weighted by Crippen LogP contribution is -2.57. The summed E-state index contributed by atoms with van der Waals surface area (Å²) >= 11 is 6.13. The first-order valence-electron chi connectivity index (χ1n) is 10.1. The highest BCUT2D eigenvalue weighted by Crippen LogP contribution is 2.42. The maximum atomic E-state index is 13.4. The lowest BCUT2D eigenvalue weighted by Gasteiger charge is -2.42. The van der Waals surface area contributed by atoms with E-state index in [-0.39, 0.29) is 12.2 Å². The van der Waals surface area contributed by atoms with Crippen LogP contribution < -0.4 is 10.3 Å². The van der Waals surface area contributed by atoms with Crippen LogP contribution in [0.3, 0.4) is 0 Å². The van der Waals surface area contributed by atoms with Crippen molar-refractivity contribution in [3.8, 4) is 22.9 Å². The van der Waals surface area contributed by atoms with E-state index in [0.717, 1.165) is 4.57 Å². The second kappa shape index (κ2) is 8.75. The van der Waals surface area contributed by atoms with Crippen molar-refractivity contribution >= 4 is 17.6 Å². The molecular weight excluding hydrogens is 446 g/mol. The number of nitriles is 1. The molecule has 0 spiro atoms. The highest BCUT2D eigenvalue weighted by Gasteiger charge is 2.52. The Morgan fingerprint density at radius 1 is 1.27 bits per heavy atom. The summed E-state index contributed by atoms with van der Waals surface area (Å²) in [7, 11) is 1.41. The van der Waals surface area contributed by atoms with E-state index in [4.69, 9.17) is 20.9 Å². The van der Waals surface area contributed by atoms with Crippen molar-refractivity contribution in [3.63, 3.8) is 0 Å². The first-order chi connectivity index (χ1) is 15.4. The number of pyridine rings is 1. The van der Waals surface area contributed by atoms with Crippen LogP contribution >= 0.6 is 11.6 Å². The zero-order chi connectivity index (χ0) is 24.6. The Labute approximate surface area is 196 Å². The first-order valence-corrected chi connectivity index (χ1v) is 10.5. The van der Waals surface area contributed by atoms with Gasteiger partial charge in [0.2, 0.25) is 0 Å². The molecule has 0 fully saturated rings. The molecule has 33 heavy (non-hydrogen) atoms. The van der Waals surface area contributed by atoms with Gasteiger partial charge in [0.25, 0.3) is 5.56 Å². The van der Waals surface area contributed by atoms with E-state index in [0.29, 0.717) is 33.2 Å². The van der Waals surface area contributed by atoms with E-state index in [2.05, 4.69) is 11.2 Å². The minimum Gasteiger partial charge on any atom is -0.495 e. The summed E-state index contributed by atoms with van der Waals surface area (Å²) in [6, 6.07) is 9.67. The average molecular weight is 470 g/mol. The van der Waals surface area contributed by atoms with Crippen LogP contribution in [0, 0.1) is 23.7 Å². The molecule has 3 aromatic rings. The fraction of sp³-hybridized carbons (Fsp3) is 0.333. The van der Waals surface area contributed by atoms with Crippen LogP contribution in [-0.2, 0) is 16.8 Å². The fourth-order valence-corrected chi connectivity index (χ4v) is 4.16. The first kappa shape index (κ1) is 24.1. The van der Waals surface area contributed by atoms with Crippen LogP contribution in [0.15, 0.2) is 45.8 Å². The van der Waals surface area contributed by atoms with Gasteiger partial charge in [-0.05, 0) is 30.5 Å². The van der Waals surface area contributed by atoms with E-state index < -0.39 is 22.5 Å². The minimum atomic E-state index is -1.73. The van der Waals surface area contributed by atoms with Crippen molar-refractivity contribution in [2.24, 2.45) is 5.41 Å². The number of carboxylic acid groups (broad SMARTS) is 1. The molecule has 172 valence electrons. The van der Waals surface area contributed by atoms with Gasteiger partial charge in [-0.1, -0.05) is 37.5 Å². The number of aliphatic carboxylic acids is 1. The van der Waals surface area contributed by atoms with Gasteiger partial charge >= 0.3 is 5.97 Å². The van der Waals surface area contributed by atoms with Gasteiger partial charge in [-0.2, -0.15) is 5.26 Å². The van der Waals surface area contributed by atoms with Crippen molar-refractivity contribution in [1.29, 1.82) is 5.26 Å². The number of carbonyl (C=O) groups is 1. The number of carboxylic acids is 1. The Balaban J connectivity index is 2.33. The largest absolute Gasteiger partial charge is 0.495 e. The number of hydrogen-bond acceptors (Lipinski definition) is 6. The molecule has 0 radical (unpaired) electrons. The van der Waals surface area contributed by atoms with Crippen LogP contribution in [0.1, 0.15) is 37.8 Å². The highest BCUT2D eigenvalue weighted by atomic mass is 35.5. The monoisotopic (exact) mass is 469 g/mol. The second-order valence-electron chi connectivity index (χ2n) is 8.79. The van der Waals surface area contributed by atoms with Crippen molar-refractivity contribution < 1.29 is 19.2 Å². The third kappa shape index (κ3) is 4.24. The van der Waals surface area contributed by atoms with Gasteiger partial charge in [-0.3, -0.25) is 9.36 Å². The molecule has 9 heteroatoms. The Bertz CT molecular complexity index is 1310. The summed E-state index contributed by atoms with van der Waals surface area (Å²) in [5.41, 5.74) is -1.59. The maximum Gasteiger partial charge on any atom is 0.331 e. The predicted octanol–water partition coefficient (Wildman–Crippen LogP) is 4.41. The maximum absolute atomic E-state index is 13.4. The number of rotatable bonds is 6. The van der Waals surface area contributed by atoms with Crippen molar-refractivity contribution in [2.45, 2.75) is 39.7 Å². The van der Waals surface area contributed by atoms with E-state index >= 15 is 0 Å². The molecule has 3 rings (SSSR count). The number of methoxy groups -OCH3 is 1. The molecular formula is C24H24ClN3O5. The van der Waals surface area contributed by atoms with Crippen LogP contribution in [-0.4, -0.2) is 27.9 Å². The third-order valence-corrected chi connectivity index (χ3v) is 5.98. The molecule has 0 bridgehead atoms. The van der Waals surface area contributed by atoms with Gasteiger partial charge < -0.3 is 14.4 Å². The van der Waals surface area contributed by atoms with Crippen LogP contribution in [0.4, 0.5) is 0 Å². The molecule has 0 aliphatic heterocycles. The van der Waals surface area contributed by atoms with Gasteiger partial charge in [0.05, 0.1) is 30.6 Å². The van der Waals surface area contributed by atoms with Gasteiger partial charge in [0, 0.05) is 34.7 Å². The molecule has 1 N–H and O–H groups in total. The van der Waals surface area contributed by atoms with Gasteiger partial charge in [0.15, 0.2) is 5.54 Å². The number of hydrogen-bond donors (Lipinski definition) is 1. The summed E-state index contributed by atoms with van der Waals surface area (Å²) in [5.74, 6) is -0.653. The summed E-state index contributed by atoms with van der Waals surface area (Å²) < 4.78 is 12.0. The fourth-order valence-electron chi connectivity index (χ4n) is 3.99. The van der Waals surface area contributed by atoms with Gasteiger partial charge in [-0.25, -0.2) is 4.79 Å². The molecule has 1 unspecified atom stereocenters. The normalized spacial score (nSPS) is 13.2. The Kier molecular flexibility index (Phi) is 6.39. The molecule has 1 aromatic carbocycles. The van der Waals surface area contributed by atoms with E-state index in [1.54, 1.807) is 52.0 Å². The smallest absolute Gasteiger partial charge is 0.331 e. The van der Waals surface area contributed by atoms with E-state index in [1.807, 2.05) is 0 Å². The minimum absolute atomic E-state index is 0.115. The highest BCUT2D eigenvalue weighted by molar-refractivity contribution is 6.31. The third-order valence-electron chi connectivity index (χ3n) is 5.74. The SMILES string of the molecule is COc1cn(C(Cc2cc(C)no2)(C(=O)O)C(C)(C)C)c(=O)cc1-c1cc(Cl)ccc1C#N. The second-order valence-corrected chi connectivity index (χ2v) is 9.23. The molecule has 0 aliphatic carbocycles. The lowest BCUT2D eigenvalue weighted by atomic mass is 9.70. The Hall–Kier alpha value is -3.57. The quantitative estimate of drug-likeness (QED) is 0.567. The molecule has 1 atom stereocenters. The summed E-state index contributed by atoms with van der Waals surface area (Å²) in [6.45, 7) is 6.94. The molecule has 0 aliphatic rings. The molecule has 0 saturated carbocycles. The number of aryl methyl sites for hydroxylation is 1. The number of aromatic nitrogens is 2. The van der Waals surface area contributed by atoms with E-state index in [9.17, 15) is 20.0 Å². The molecule has 2 heterocycles. The average Bonchev–Trinajstić information content (AvgIpc) is 3.15.